The Bertz CT molecular complexity index is 642. The van der Waals surface area contributed by atoms with E-state index in [1.807, 2.05) is 10.6 Å². The van der Waals surface area contributed by atoms with E-state index in [-0.39, 0.29) is 5.91 Å². The van der Waals surface area contributed by atoms with Crippen LogP contribution in [0.3, 0.4) is 0 Å². The van der Waals surface area contributed by atoms with E-state index in [9.17, 15) is 4.79 Å². The van der Waals surface area contributed by atoms with Crippen molar-refractivity contribution in [2.75, 3.05) is 6.54 Å². The second-order valence-corrected chi connectivity index (χ2v) is 6.53. The molecule has 0 saturated carbocycles. The molecule has 2 rings (SSSR count). The van der Waals surface area contributed by atoms with Crippen LogP contribution in [0.5, 0.6) is 0 Å². The summed E-state index contributed by atoms with van der Waals surface area (Å²) in [5, 5.41) is 11.3. The predicted octanol–water partition coefficient (Wildman–Crippen LogP) is 3.09. The number of aromatic nitrogens is 3. The van der Waals surface area contributed by atoms with Gasteiger partial charge in [0.2, 0.25) is 0 Å². The first kappa shape index (κ1) is 16.2. The molecule has 0 saturated heterocycles. The highest BCUT2D eigenvalue weighted by Crippen LogP contribution is 2.18. The van der Waals surface area contributed by atoms with Crippen LogP contribution < -0.4 is 5.32 Å². The summed E-state index contributed by atoms with van der Waals surface area (Å²) in [6.07, 6.45) is 2.34. The molecule has 1 aromatic heterocycles. The van der Waals surface area contributed by atoms with Crippen molar-refractivity contribution < 1.29 is 4.79 Å². The highest BCUT2D eigenvalue weighted by Gasteiger charge is 2.11. The second-order valence-electron chi connectivity index (χ2n) is 4.88. The van der Waals surface area contributed by atoms with E-state index >= 15 is 0 Å². The van der Waals surface area contributed by atoms with Crippen LogP contribution >= 0.6 is 34.2 Å². The Kier molecular flexibility index (Phi) is 5.58. The van der Waals surface area contributed by atoms with Crippen LogP contribution in [0.2, 0.25) is 5.02 Å². The van der Waals surface area contributed by atoms with Crippen LogP contribution in [0.1, 0.15) is 36.1 Å². The van der Waals surface area contributed by atoms with Gasteiger partial charge in [0, 0.05) is 22.6 Å². The molecule has 1 aromatic carbocycles. The molecule has 7 heteroatoms. The van der Waals surface area contributed by atoms with Gasteiger partial charge in [0.25, 0.3) is 5.91 Å². The Hall–Kier alpha value is -1.15. The van der Waals surface area contributed by atoms with E-state index in [1.165, 1.54) is 0 Å². The van der Waals surface area contributed by atoms with E-state index in [4.69, 9.17) is 11.6 Å². The van der Waals surface area contributed by atoms with Crippen molar-refractivity contribution >= 4 is 40.1 Å². The van der Waals surface area contributed by atoms with E-state index in [0.717, 1.165) is 9.39 Å². The van der Waals surface area contributed by atoms with Gasteiger partial charge in [-0.1, -0.05) is 11.6 Å². The Balaban J connectivity index is 1.94. The Morgan fingerprint density at radius 2 is 2.24 bits per heavy atom. The number of amides is 1. The van der Waals surface area contributed by atoms with Gasteiger partial charge in [0.1, 0.15) is 12.2 Å². The molecule has 0 unspecified atom stereocenters. The SMILES string of the molecule is CC(C)n1cnnc1CCNC(=O)c1ccc(I)cc1Cl. The highest BCUT2D eigenvalue weighted by atomic mass is 127. The fourth-order valence-corrected chi connectivity index (χ4v) is 2.88. The molecule has 0 radical (unpaired) electrons. The molecule has 112 valence electrons. The van der Waals surface area contributed by atoms with Crippen molar-refractivity contribution in [2.24, 2.45) is 0 Å². The molecule has 1 amide bonds. The van der Waals surface area contributed by atoms with E-state index in [2.05, 4.69) is 52.0 Å². The predicted molar refractivity (Wildman–Crippen MR) is 90.6 cm³/mol. The molecule has 0 aliphatic rings. The van der Waals surface area contributed by atoms with Crippen LogP contribution in [0.25, 0.3) is 0 Å². The molecule has 0 fully saturated rings. The zero-order chi connectivity index (χ0) is 15.4. The standard InChI is InChI=1S/C14H16ClIN4O/c1-9(2)20-8-18-19-13(20)5-6-17-14(21)11-4-3-10(16)7-12(11)15/h3-4,7-9H,5-6H2,1-2H3,(H,17,21). The number of rotatable bonds is 5. The van der Waals surface area contributed by atoms with Crippen molar-refractivity contribution in [2.45, 2.75) is 26.3 Å². The van der Waals surface area contributed by atoms with Crippen molar-refractivity contribution in [3.05, 3.63) is 44.5 Å². The van der Waals surface area contributed by atoms with E-state index in [1.54, 1.807) is 18.5 Å². The fraction of sp³-hybridized carbons (Fsp3) is 0.357. The van der Waals surface area contributed by atoms with Gasteiger partial charge in [-0.25, -0.2) is 0 Å². The van der Waals surface area contributed by atoms with Crippen molar-refractivity contribution in [1.29, 1.82) is 0 Å². The summed E-state index contributed by atoms with van der Waals surface area (Å²) in [4.78, 5) is 12.1. The summed E-state index contributed by atoms with van der Waals surface area (Å²) in [7, 11) is 0. The lowest BCUT2D eigenvalue weighted by Gasteiger charge is -2.10. The lowest BCUT2D eigenvalue weighted by atomic mass is 10.2. The maximum absolute atomic E-state index is 12.1. The van der Waals surface area contributed by atoms with Gasteiger partial charge in [0.15, 0.2) is 0 Å². The fourth-order valence-electron chi connectivity index (χ4n) is 1.93. The minimum atomic E-state index is -0.174. The number of nitrogens with zero attached hydrogens (tertiary/aromatic N) is 3. The van der Waals surface area contributed by atoms with Gasteiger partial charge in [0.05, 0.1) is 10.6 Å². The first-order chi connectivity index (χ1) is 9.99. The number of benzene rings is 1. The minimum Gasteiger partial charge on any atom is -0.352 e. The molecule has 0 aliphatic carbocycles. The first-order valence-corrected chi connectivity index (χ1v) is 8.06. The Labute approximate surface area is 142 Å². The second kappa shape index (κ2) is 7.22. The van der Waals surface area contributed by atoms with Gasteiger partial charge in [-0.05, 0) is 54.6 Å². The van der Waals surface area contributed by atoms with Gasteiger partial charge in [-0.15, -0.1) is 10.2 Å². The van der Waals surface area contributed by atoms with Crippen LogP contribution in [0.4, 0.5) is 0 Å². The molecular formula is C14H16ClIN4O. The summed E-state index contributed by atoms with van der Waals surface area (Å²) in [6.45, 7) is 4.63. The van der Waals surface area contributed by atoms with Crippen molar-refractivity contribution in [1.82, 2.24) is 20.1 Å². The molecule has 2 aromatic rings. The Morgan fingerprint density at radius 3 is 2.90 bits per heavy atom. The molecule has 1 heterocycles. The van der Waals surface area contributed by atoms with Crippen molar-refractivity contribution in [3.8, 4) is 0 Å². The van der Waals surface area contributed by atoms with Gasteiger partial charge in [-0.2, -0.15) is 0 Å². The third-order valence-electron chi connectivity index (χ3n) is 3.01. The first-order valence-electron chi connectivity index (χ1n) is 6.60. The monoisotopic (exact) mass is 418 g/mol. The van der Waals surface area contributed by atoms with Crippen LogP contribution in [0.15, 0.2) is 24.5 Å². The van der Waals surface area contributed by atoms with Crippen LogP contribution in [0, 0.1) is 3.57 Å². The molecule has 0 spiro atoms. The molecule has 0 aliphatic heterocycles. The number of carbonyl (C=O) groups excluding carboxylic acids is 1. The average molecular weight is 419 g/mol. The van der Waals surface area contributed by atoms with E-state index in [0.29, 0.717) is 29.6 Å². The number of halogens is 2. The van der Waals surface area contributed by atoms with Gasteiger partial charge in [-0.3, -0.25) is 4.79 Å². The smallest absolute Gasteiger partial charge is 0.252 e. The molecule has 21 heavy (non-hydrogen) atoms. The summed E-state index contributed by atoms with van der Waals surface area (Å²) >= 11 is 8.23. The van der Waals surface area contributed by atoms with Gasteiger partial charge < -0.3 is 9.88 Å². The van der Waals surface area contributed by atoms with Crippen LogP contribution in [-0.2, 0) is 6.42 Å². The summed E-state index contributed by atoms with van der Waals surface area (Å²) in [6, 6.07) is 5.66. The maximum atomic E-state index is 12.1. The number of hydrogen-bond donors (Lipinski definition) is 1. The quantitative estimate of drug-likeness (QED) is 0.759. The maximum Gasteiger partial charge on any atom is 0.252 e. The molecule has 1 N–H and O–H groups in total. The number of hydrogen-bond acceptors (Lipinski definition) is 3. The van der Waals surface area contributed by atoms with Gasteiger partial charge >= 0.3 is 0 Å². The summed E-state index contributed by atoms with van der Waals surface area (Å²) in [5.74, 6) is 0.686. The molecule has 0 bridgehead atoms. The van der Waals surface area contributed by atoms with E-state index < -0.39 is 0 Å². The zero-order valence-corrected chi connectivity index (χ0v) is 14.7. The number of carbonyl (C=O) groups is 1. The third-order valence-corrected chi connectivity index (χ3v) is 4.00. The molecular weight excluding hydrogens is 403 g/mol. The Morgan fingerprint density at radius 1 is 1.48 bits per heavy atom. The topological polar surface area (TPSA) is 59.8 Å². The lowest BCUT2D eigenvalue weighted by Crippen LogP contribution is -2.27. The molecule has 5 nitrogen and oxygen atoms in total. The highest BCUT2D eigenvalue weighted by molar-refractivity contribution is 14.1. The average Bonchev–Trinajstić information content (AvgIpc) is 2.87. The van der Waals surface area contributed by atoms with Crippen molar-refractivity contribution in [3.63, 3.8) is 0 Å². The summed E-state index contributed by atoms with van der Waals surface area (Å²) in [5.41, 5.74) is 0.488. The summed E-state index contributed by atoms with van der Waals surface area (Å²) < 4.78 is 2.99. The van der Waals surface area contributed by atoms with Crippen LogP contribution in [-0.4, -0.2) is 27.2 Å². The largest absolute Gasteiger partial charge is 0.352 e. The normalized spacial score (nSPS) is 10.9. The number of nitrogens with one attached hydrogen (secondary N) is 1. The molecule has 0 atom stereocenters. The minimum absolute atomic E-state index is 0.174. The zero-order valence-electron chi connectivity index (χ0n) is 11.8. The third kappa shape index (κ3) is 4.16. The lowest BCUT2D eigenvalue weighted by molar-refractivity contribution is 0.0954.